The first kappa shape index (κ1) is 16.1. The Morgan fingerprint density at radius 1 is 1.53 bits per heavy atom. The van der Waals surface area contributed by atoms with E-state index in [4.69, 9.17) is 9.84 Å². The van der Waals surface area contributed by atoms with Crippen LogP contribution in [0.2, 0.25) is 0 Å². The predicted molar refractivity (Wildman–Crippen MR) is 74.6 cm³/mol. The number of carbonyl (C=O) groups is 2. The number of amides is 2. The van der Waals surface area contributed by atoms with Crippen molar-refractivity contribution in [1.29, 1.82) is 0 Å². The van der Waals surface area contributed by atoms with Crippen molar-refractivity contribution in [3.8, 4) is 0 Å². The van der Waals surface area contributed by atoms with Gasteiger partial charge in [0.2, 0.25) is 0 Å². The van der Waals surface area contributed by atoms with Crippen molar-refractivity contribution < 1.29 is 19.4 Å². The standard InChI is InChI=1S/C12H22N2O4S/c1-12(2)8-18-6-5-14(12)11(17)13-9(10(15)16)4-7-19-3/h9H,4-8H2,1-3H3,(H,13,17)(H,15,16)/t9-/m0/s1. The van der Waals surface area contributed by atoms with E-state index in [1.165, 1.54) is 0 Å². The molecular weight excluding hydrogens is 268 g/mol. The maximum Gasteiger partial charge on any atom is 0.326 e. The number of nitrogens with zero attached hydrogens (tertiary/aromatic N) is 1. The van der Waals surface area contributed by atoms with Crippen molar-refractivity contribution in [3.05, 3.63) is 0 Å². The number of hydrogen-bond donors (Lipinski definition) is 2. The Bertz CT molecular complexity index is 336. The second kappa shape index (κ2) is 7.00. The summed E-state index contributed by atoms with van der Waals surface area (Å²) >= 11 is 1.56. The van der Waals surface area contributed by atoms with Gasteiger partial charge in [-0.1, -0.05) is 0 Å². The highest BCUT2D eigenvalue weighted by molar-refractivity contribution is 7.98. The maximum atomic E-state index is 12.2. The van der Waals surface area contributed by atoms with Crippen LogP contribution in [0.5, 0.6) is 0 Å². The van der Waals surface area contributed by atoms with Crippen LogP contribution in [-0.2, 0) is 9.53 Å². The Morgan fingerprint density at radius 2 is 2.21 bits per heavy atom. The summed E-state index contributed by atoms with van der Waals surface area (Å²) in [5, 5.41) is 11.7. The van der Waals surface area contributed by atoms with Gasteiger partial charge in [0.25, 0.3) is 0 Å². The van der Waals surface area contributed by atoms with Crippen LogP contribution in [0.4, 0.5) is 4.79 Å². The minimum Gasteiger partial charge on any atom is -0.480 e. The molecule has 0 aliphatic carbocycles. The van der Waals surface area contributed by atoms with Gasteiger partial charge in [0.15, 0.2) is 0 Å². The molecule has 2 amide bonds. The maximum absolute atomic E-state index is 12.2. The van der Waals surface area contributed by atoms with Crippen molar-refractivity contribution >= 4 is 23.8 Å². The molecule has 2 N–H and O–H groups in total. The number of morpholine rings is 1. The molecule has 0 bridgehead atoms. The van der Waals surface area contributed by atoms with Crippen molar-refractivity contribution in [2.24, 2.45) is 0 Å². The van der Waals surface area contributed by atoms with Gasteiger partial charge < -0.3 is 20.1 Å². The molecule has 0 unspecified atom stereocenters. The molecule has 1 heterocycles. The predicted octanol–water partition coefficient (Wildman–Crippen LogP) is 1.01. The molecule has 6 nitrogen and oxygen atoms in total. The second-order valence-corrected chi connectivity index (χ2v) is 6.12. The van der Waals surface area contributed by atoms with Crippen molar-refractivity contribution in [2.75, 3.05) is 31.8 Å². The second-order valence-electron chi connectivity index (χ2n) is 5.14. The molecule has 0 aromatic carbocycles. The Balaban J connectivity index is 2.62. The fraction of sp³-hybridized carbons (Fsp3) is 0.833. The SMILES string of the molecule is CSCC[C@H](NC(=O)N1CCOCC1(C)C)C(=O)O. The number of carboxylic acid groups (broad SMARTS) is 1. The summed E-state index contributed by atoms with van der Waals surface area (Å²) in [5.41, 5.74) is -0.412. The molecule has 1 atom stereocenters. The zero-order valence-electron chi connectivity index (χ0n) is 11.6. The third kappa shape index (κ3) is 4.58. The molecule has 1 saturated heterocycles. The van der Waals surface area contributed by atoms with Crippen LogP contribution in [0, 0.1) is 0 Å². The van der Waals surface area contributed by atoms with Crippen molar-refractivity contribution in [1.82, 2.24) is 10.2 Å². The summed E-state index contributed by atoms with van der Waals surface area (Å²) in [4.78, 5) is 24.9. The quantitative estimate of drug-likeness (QED) is 0.790. The zero-order valence-corrected chi connectivity index (χ0v) is 12.5. The lowest BCUT2D eigenvalue weighted by Crippen LogP contribution is -2.60. The number of urea groups is 1. The molecule has 1 aliphatic rings. The van der Waals surface area contributed by atoms with E-state index in [1.807, 2.05) is 20.1 Å². The average Bonchev–Trinajstić information content (AvgIpc) is 2.33. The fourth-order valence-corrected chi connectivity index (χ4v) is 2.43. The Morgan fingerprint density at radius 3 is 2.74 bits per heavy atom. The third-order valence-corrected chi connectivity index (χ3v) is 3.74. The number of ether oxygens (including phenoxy) is 1. The number of hydrogen-bond acceptors (Lipinski definition) is 4. The number of thioether (sulfide) groups is 1. The highest BCUT2D eigenvalue weighted by atomic mass is 32.2. The normalized spacial score (nSPS) is 19.8. The molecular formula is C12H22N2O4S. The van der Waals surface area contributed by atoms with Crippen LogP contribution in [0.3, 0.4) is 0 Å². The van der Waals surface area contributed by atoms with Gasteiger partial charge in [0.1, 0.15) is 6.04 Å². The van der Waals surface area contributed by atoms with Crippen LogP contribution in [0.1, 0.15) is 20.3 Å². The van der Waals surface area contributed by atoms with Crippen molar-refractivity contribution in [3.63, 3.8) is 0 Å². The summed E-state index contributed by atoms with van der Waals surface area (Å²) in [6, 6.07) is -1.17. The molecule has 0 saturated carbocycles. The van der Waals surface area contributed by atoms with Crippen LogP contribution >= 0.6 is 11.8 Å². The van der Waals surface area contributed by atoms with Gasteiger partial charge in [0.05, 0.1) is 18.8 Å². The molecule has 0 aromatic heterocycles. The highest BCUT2D eigenvalue weighted by Crippen LogP contribution is 2.19. The van der Waals surface area contributed by atoms with Crippen LogP contribution < -0.4 is 5.32 Å². The fourth-order valence-electron chi connectivity index (χ4n) is 1.95. The minimum atomic E-state index is -0.992. The van der Waals surface area contributed by atoms with Crippen molar-refractivity contribution in [2.45, 2.75) is 31.8 Å². The van der Waals surface area contributed by atoms with E-state index in [9.17, 15) is 9.59 Å². The molecule has 110 valence electrons. The molecule has 0 aromatic rings. The summed E-state index contributed by atoms with van der Waals surface area (Å²) < 4.78 is 5.34. The number of carboxylic acids is 1. The lowest BCUT2D eigenvalue weighted by atomic mass is 10.0. The number of aliphatic carboxylic acids is 1. The average molecular weight is 290 g/mol. The van der Waals surface area contributed by atoms with Crippen LogP contribution in [0.15, 0.2) is 0 Å². The van der Waals surface area contributed by atoms with E-state index in [0.717, 1.165) is 0 Å². The van der Waals surface area contributed by atoms with Gasteiger partial charge in [-0.3, -0.25) is 0 Å². The van der Waals surface area contributed by atoms with E-state index < -0.39 is 17.6 Å². The number of nitrogens with one attached hydrogen (secondary N) is 1. The lowest BCUT2D eigenvalue weighted by Gasteiger charge is -2.42. The van der Waals surface area contributed by atoms with Gasteiger partial charge in [-0.05, 0) is 32.3 Å². The van der Waals surface area contributed by atoms with E-state index in [-0.39, 0.29) is 6.03 Å². The first-order valence-corrected chi connectivity index (χ1v) is 7.65. The van der Waals surface area contributed by atoms with Gasteiger partial charge in [-0.2, -0.15) is 11.8 Å². The van der Waals surface area contributed by atoms with E-state index in [1.54, 1.807) is 16.7 Å². The minimum absolute atomic E-state index is 0.332. The Labute approximate surface area is 117 Å². The molecule has 1 rings (SSSR count). The summed E-state index contributed by atoms with van der Waals surface area (Å²) in [6.45, 7) is 5.24. The zero-order chi connectivity index (χ0) is 14.5. The van der Waals surface area contributed by atoms with E-state index in [0.29, 0.717) is 31.9 Å². The van der Waals surface area contributed by atoms with Crippen LogP contribution in [0.25, 0.3) is 0 Å². The van der Waals surface area contributed by atoms with E-state index in [2.05, 4.69) is 5.32 Å². The third-order valence-electron chi connectivity index (χ3n) is 3.10. The lowest BCUT2D eigenvalue weighted by molar-refractivity contribution is -0.139. The Kier molecular flexibility index (Phi) is 5.93. The molecule has 19 heavy (non-hydrogen) atoms. The van der Waals surface area contributed by atoms with Crippen LogP contribution in [-0.4, -0.2) is 65.4 Å². The smallest absolute Gasteiger partial charge is 0.326 e. The first-order valence-electron chi connectivity index (χ1n) is 6.26. The summed E-state index contributed by atoms with van der Waals surface area (Å²) in [5.74, 6) is -0.294. The number of carbonyl (C=O) groups excluding carboxylic acids is 1. The van der Waals surface area contributed by atoms with Gasteiger partial charge in [-0.15, -0.1) is 0 Å². The highest BCUT2D eigenvalue weighted by Gasteiger charge is 2.35. The Hall–Kier alpha value is -0.950. The molecule has 0 radical (unpaired) electrons. The summed E-state index contributed by atoms with van der Waals surface area (Å²) in [6.07, 6.45) is 2.33. The monoisotopic (exact) mass is 290 g/mol. The molecule has 7 heteroatoms. The topological polar surface area (TPSA) is 78.9 Å². The number of rotatable bonds is 5. The first-order chi connectivity index (χ1) is 8.88. The molecule has 1 fully saturated rings. The van der Waals surface area contributed by atoms with Gasteiger partial charge in [0, 0.05) is 6.54 Å². The molecule has 1 aliphatic heterocycles. The largest absolute Gasteiger partial charge is 0.480 e. The molecule has 0 spiro atoms. The summed E-state index contributed by atoms with van der Waals surface area (Å²) in [7, 11) is 0. The van der Waals surface area contributed by atoms with Gasteiger partial charge in [-0.25, -0.2) is 9.59 Å². The van der Waals surface area contributed by atoms with Gasteiger partial charge >= 0.3 is 12.0 Å². The van der Waals surface area contributed by atoms with E-state index >= 15 is 0 Å².